The quantitative estimate of drug-likeness (QED) is 0.438. The summed E-state index contributed by atoms with van der Waals surface area (Å²) in [7, 11) is 0. The van der Waals surface area contributed by atoms with Crippen molar-refractivity contribution in [2.24, 2.45) is 0 Å². The molecule has 0 saturated carbocycles. The number of carbonyl (C=O) groups is 2. The molecule has 0 aromatic heterocycles. The average Bonchev–Trinajstić information content (AvgIpc) is 2.75. The molecule has 1 saturated heterocycles. The van der Waals surface area contributed by atoms with E-state index in [2.05, 4.69) is 5.32 Å². The molecule has 1 aliphatic heterocycles. The van der Waals surface area contributed by atoms with Gasteiger partial charge in [0, 0.05) is 24.8 Å². The highest BCUT2D eigenvalue weighted by Crippen LogP contribution is 2.31. The van der Waals surface area contributed by atoms with Gasteiger partial charge < -0.3 is 15.0 Å². The van der Waals surface area contributed by atoms with E-state index >= 15 is 0 Å². The Morgan fingerprint density at radius 2 is 1.77 bits per heavy atom. The number of nitrogens with one attached hydrogen (secondary N) is 1. The van der Waals surface area contributed by atoms with E-state index in [-0.39, 0.29) is 11.3 Å². The fraction of sp³-hybridized carbons (Fsp3) is 0.364. The number of amides is 1. The minimum atomic E-state index is -0.778. The van der Waals surface area contributed by atoms with Gasteiger partial charge in [0.2, 0.25) is 0 Å². The number of benzene rings is 2. The van der Waals surface area contributed by atoms with E-state index in [1.165, 1.54) is 12.1 Å². The predicted molar refractivity (Wildman–Crippen MR) is 114 cm³/mol. The van der Waals surface area contributed by atoms with Gasteiger partial charge in [-0.1, -0.05) is 18.2 Å². The van der Waals surface area contributed by atoms with E-state index in [0.29, 0.717) is 11.4 Å². The monoisotopic (exact) mass is 411 g/mol. The zero-order chi connectivity index (χ0) is 21.7. The SMILES string of the molecule is Cc1cccc(C)c1NC(=O)COC(=O)c1ccc(N2CCCCC2)c([N+](=O)[O-])c1. The molecule has 30 heavy (non-hydrogen) atoms. The lowest BCUT2D eigenvalue weighted by molar-refractivity contribution is -0.384. The van der Waals surface area contributed by atoms with Crippen molar-refractivity contribution in [2.45, 2.75) is 33.1 Å². The molecule has 1 fully saturated rings. The van der Waals surface area contributed by atoms with Crippen LogP contribution in [0.1, 0.15) is 40.7 Å². The zero-order valence-corrected chi connectivity index (χ0v) is 17.1. The molecule has 1 amide bonds. The van der Waals surface area contributed by atoms with E-state index in [4.69, 9.17) is 4.74 Å². The van der Waals surface area contributed by atoms with Crippen LogP contribution in [0.4, 0.5) is 17.1 Å². The summed E-state index contributed by atoms with van der Waals surface area (Å²) in [4.78, 5) is 37.6. The Labute approximate surface area is 175 Å². The lowest BCUT2D eigenvalue weighted by Gasteiger charge is -2.28. The third-order valence-electron chi connectivity index (χ3n) is 5.18. The molecule has 2 aromatic carbocycles. The molecule has 1 N–H and O–H groups in total. The molecule has 0 spiro atoms. The lowest BCUT2D eigenvalue weighted by Crippen LogP contribution is -2.30. The Morgan fingerprint density at radius 1 is 1.10 bits per heavy atom. The first-order valence-electron chi connectivity index (χ1n) is 9.93. The van der Waals surface area contributed by atoms with Crippen molar-refractivity contribution >= 4 is 28.9 Å². The van der Waals surface area contributed by atoms with E-state index in [1.807, 2.05) is 36.9 Å². The van der Waals surface area contributed by atoms with Crippen LogP contribution in [0, 0.1) is 24.0 Å². The number of anilines is 2. The first kappa shape index (κ1) is 21.3. The smallest absolute Gasteiger partial charge is 0.338 e. The van der Waals surface area contributed by atoms with Crippen LogP contribution in [0.3, 0.4) is 0 Å². The third kappa shape index (κ3) is 4.94. The van der Waals surface area contributed by atoms with E-state index in [1.54, 1.807) is 6.07 Å². The van der Waals surface area contributed by atoms with Crippen molar-refractivity contribution in [3.05, 3.63) is 63.2 Å². The second-order valence-electron chi connectivity index (χ2n) is 7.40. The van der Waals surface area contributed by atoms with Crippen LogP contribution in [-0.4, -0.2) is 36.5 Å². The molecule has 1 aliphatic rings. The average molecular weight is 411 g/mol. The highest BCUT2D eigenvalue weighted by atomic mass is 16.6. The summed E-state index contributed by atoms with van der Waals surface area (Å²) in [5, 5.41) is 14.3. The largest absolute Gasteiger partial charge is 0.452 e. The number of esters is 1. The van der Waals surface area contributed by atoms with Gasteiger partial charge in [0.15, 0.2) is 6.61 Å². The molecule has 0 unspecified atom stereocenters. The standard InChI is InChI=1S/C22H25N3O5/c1-15-7-6-8-16(2)21(15)23-20(26)14-30-22(27)17-9-10-18(19(13-17)25(28)29)24-11-4-3-5-12-24/h6-10,13H,3-5,11-12,14H2,1-2H3,(H,23,26). The highest BCUT2D eigenvalue weighted by Gasteiger charge is 2.24. The Balaban J connectivity index is 1.67. The summed E-state index contributed by atoms with van der Waals surface area (Å²) in [5.74, 6) is -1.25. The molecular weight excluding hydrogens is 386 g/mol. The molecule has 2 aromatic rings. The molecule has 8 nitrogen and oxygen atoms in total. The van der Waals surface area contributed by atoms with Crippen molar-refractivity contribution in [3.63, 3.8) is 0 Å². The predicted octanol–water partition coefficient (Wildman–Crippen LogP) is 4.00. The van der Waals surface area contributed by atoms with Gasteiger partial charge in [-0.3, -0.25) is 14.9 Å². The van der Waals surface area contributed by atoms with Crippen molar-refractivity contribution in [2.75, 3.05) is 29.9 Å². The van der Waals surface area contributed by atoms with Crippen molar-refractivity contribution < 1.29 is 19.2 Å². The van der Waals surface area contributed by atoms with Gasteiger partial charge in [0.25, 0.3) is 11.6 Å². The van der Waals surface area contributed by atoms with Crippen LogP contribution in [-0.2, 0) is 9.53 Å². The highest BCUT2D eigenvalue weighted by molar-refractivity contribution is 5.97. The third-order valence-corrected chi connectivity index (χ3v) is 5.18. The number of aryl methyl sites for hydroxylation is 2. The van der Waals surface area contributed by atoms with Gasteiger partial charge >= 0.3 is 5.97 Å². The topological polar surface area (TPSA) is 102 Å². The number of hydrogen-bond acceptors (Lipinski definition) is 6. The fourth-order valence-electron chi connectivity index (χ4n) is 3.60. The van der Waals surface area contributed by atoms with Gasteiger partial charge in [-0.25, -0.2) is 4.79 Å². The van der Waals surface area contributed by atoms with Crippen molar-refractivity contribution in [1.82, 2.24) is 0 Å². The molecule has 0 atom stereocenters. The first-order chi connectivity index (χ1) is 14.4. The number of rotatable bonds is 6. The van der Waals surface area contributed by atoms with Gasteiger partial charge in [0.05, 0.1) is 10.5 Å². The summed E-state index contributed by atoms with van der Waals surface area (Å²) < 4.78 is 5.07. The van der Waals surface area contributed by atoms with Gasteiger partial charge in [-0.15, -0.1) is 0 Å². The molecule has 8 heteroatoms. The minimum Gasteiger partial charge on any atom is -0.452 e. The number of nitro groups is 1. The summed E-state index contributed by atoms with van der Waals surface area (Å²) in [5.41, 5.74) is 2.90. The van der Waals surface area contributed by atoms with Gasteiger partial charge in [-0.2, -0.15) is 0 Å². The summed E-state index contributed by atoms with van der Waals surface area (Å²) in [6.45, 7) is 4.77. The van der Waals surface area contributed by atoms with Crippen LogP contribution in [0.5, 0.6) is 0 Å². The molecule has 0 aliphatic carbocycles. The Hall–Kier alpha value is -3.42. The minimum absolute atomic E-state index is 0.0438. The summed E-state index contributed by atoms with van der Waals surface area (Å²) >= 11 is 0. The number of carbonyl (C=O) groups excluding carboxylic acids is 2. The number of nitrogens with zero attached hydrogens (tertiary/aromatic N) is 2. The Kier molecular flexibility index (Phi) is 6.66. The van der Waals surface area contributed by atoms with Crippen LogP contribution in [0.25, 0.3) is 0 Å². The van der Waals surface area contributed by atoms with E-state index in [0.717, 1.165) is 43.5 Å². The van der Waals surface area contributed by atoms with Crippen molar-refractivity contribution in [1.29, 1.82) is 0 Å². The summed E-state index contributed by atoms with van der Waals surface area (Å²) in [6.07, 6.45) is 3.08. The maximum atomic E-state index is 12.4. The normalized spacial score (nSPS) is 13.6. The van der Waals surface area contributed by atoms with Crippen molar-refractivity contribution in [3.8, 4) is 0 Å². The lowest BCUT2D eigenvalue weighted by atomic mass is 10.1. The van der Waals surface area contributed by atoms with E-state index < -0.39 is 23.4 Å². The fourth-order valence-corrected chi connectivity index (χ4v) is 3.60. The van der Waals surface area contributed by atoms with E-state index in [9.17, 15) is 19.7 Å². The van der Waals surface area contributed by atoms with Crippen LogP contribution < -0.4 is 10.2 Å². The summed E-state index contributed by atoms with van der Waals surface area (Å²) in [6, 6.07) is 9.94. The number of nitro benzene ring substituents is 1. The molecule has 0 radical (unpaired) electrons. The molecule has 158 valence electrons. The zero-order valence-electron chi connectivity index (χ0n) is 17.1. The Bertz CT molecular complexity index is 947. The second kappa shape index (κ2) is 9.39. The number of piperidine rings is 1. The second-order valence-corrected chi connectivity index (χ2v) is 7.40. The molecule has 0 bridgehead atoms. The van der Waals surface area contributed by atoms with Crippen LogP contribution in [0.15, 0.2) is 36.4 Å². The maximum Gasteiger partial charge on any atom is 0.338 e. The molecule has 3 rings (SSSR count). The number of hydrogen-bond donors (Lipinski definition) is 1. The van der Waals surface area contributed by atoms with Crippen LogP contribution >= 0.6 is 0 Å². The van der Waals surface area contributed by atoms with Gasteiger partial charge in [0.1, 0.15) is 5.69 Å². The van der Waals surface area contributed by atoms with Crippen LogP contribution in [0.2, 0.25) is 0 Å². The molecule has 1 heterocycles. The van der Waals surface area contributed by atoms with Gasteiger partial charge in [-0.05, 0) is 56.4 Å². The number of para-hydroxylation sites is 1. The number of ether oxygens (including phenoxy) is 1. The first-order valence-corrected chi connectivity index (χ1v) is 9.93. The Morgan fingerprint density at radius 3 is 2.40 bits per heavy atom. The molecular formula is C22H25N3O5. The maximum absolute atomic E-state index is 12.4.